The lowest BCUT2D eigenvalue weighted by Gasteiger charge is -2.09. The number of methoxy groups -OCH3 is 2. The van der Waals surface area contributed by atoms with E-state index in [9.17, 15) is 4.79 Å². The van der Waals surface area contributed by atoms with Gasteiger partial charge in [0.1, 0.15) is 5.75 Å². The van der Waals surface area contributed by atoms with Crippen LogP contribution in [0.15, 0.2) is 24.8 Å². The van der Waals surface area contributed by atoms with Crippen LogP contribution in [-0.2, 0) is 4.74 Å². The normalized spacial score (nSPS) is 9.53. The zero-order chi connectivity index (χ0) is 11.4. The first-order valence-electron chi connectivity index (χ1n) is 4.52. The standard InChI is InChI=1S/C12H14O3/c1-8(2)11-7-9(14-3)5-6-10(11)12(13)15-4/h5-7H,1H2,2-4H3. The van der Waals surface area contributed by atoms with Gasteiger partial charge in [-0.05, 0) is 30.7 Å². The predicted octanol–water partition coefficient (Wildman–Crippen LogP) is 2.51. The van der Waals surface area contributed by atoms with Crippen LogP contribution in [-0.4, -0.2) is 20.2 Å². The summed E-state index contributed by atoms with van der Waals surface area (Å²) in [6, 6.07) is 5.17. The smallest absolute Gasteiger partial charge is 0.338 e. The lowest BCUT2D eigenvalue weighted by Crippen LogP contribution is -2.04. The Labute approximate surface area is 89.3 Å². The Kier molecular flexibility index (Phi) is 3.50. The molecule has 0 saturated heterocycles. The summed E-state index contributed by atoms with van der Waals surface area (Å²) in [4.78, 5) is 11.4. The van der Waals surface area contributed by atoms with Crippen molar-refractivity contribution in [1.29, 1.82) is 0 Å². The minimum Gasteiger partial charge on any atom is -0.497 e. The maximum atomic E-state index is 11.4. The van der Waals surface area contributed by atoms with Crippen LogP contribution in [0.5, 0.6) is 5.75 Å². The fourth-order valence-electron chi connectivity index (χ4n) is 1.29. The SMILES string of the molecule is C=C(C)c1cc(OC)ccc1C(=O)OC. The van der Waals surface area contributed by atoms with Crippen LogP contribution in [0.1, 0.15) is 22.8 Å². The van der Waals surface area contributed by atoms with Crippen molar-refractivity contribution in [2.24, 2.45) is 0 Å². The molecule has 0 aliphatic rings. The van der Waals surface area contributed by atoms with Crippen molar-refractivity contribution in [1.82, 2.24) is 0 Å². The van der Waals surface area contributed by atoms with Crippen molar-refractivity contribution in [3.8, 4) is 5.75 Å². The highest BCUT2D eigenvalue weighted by atomic mass is 16.5. The third-order valence-corrected chi connectivity index (χ3v) is 2.09. The second kappa shape index (κ2) is 4.64. The number of esters is 1. The Morgan fingerprint density at radius 3 is 2.40 bits per heavy atom. The maximum Gasteiger partial charge on any atom is 0.338 e. The molecule has 1 aromatic rings. The van der Waals surface area contributed by atoms with E-state index >= 15 is 0 Å². The van der Waals surface area contributed by atoms with Crippen molar-refractivity contribution in [3.05, 3.63) is 35.9 Å². The highest BCUT2D eigenvalue weighted by Crippen LogP contribution is 2.23. The Hall–Kier alpha value is -1.77. The van der Waals surface area contributed by atoms with E-state index in [4.69, 9.17) is 4.74 Å². The fraction of sp³-hybridized carbons (Fsp3) is 0.250. The quantitative estimate of drug-likeness (QED) is 0.713. The first-order chi connectivity index (χ1) is 7.10. The molecule has 3 heteroatoms. The molecule has 0 saturated carbocycles. The highest BCUT2D eigenvalue weighted by Gasteiger charge is 2.12. The van der Waals surface area contributed by atoms with Crippen molar-refractivity contribution < 1.29 is 14.3 Å². The monoisotopic (exact) mass is 206 g/mol. The zero-order valence-electron chi connectivity index (χ0n) is 9.16. The summed E-state index contributed by atoms with van der Waals surface area (Å²) in [6.45, 7) is 5.65. The van der Waals surface area contributed by atoms with Crippen LogP contribution >= 0.6 is 0 Å². The molecule has 0 bridgehead atoms. The van der Waals surface area contributed by atoms with Gasteiger partial charge in [0.05, 0.1) is 19.8 Å². The Morgan fingerprint density at radius 2 is 1.93 bits per heavy atom. The largest absolute Gasteiger partial charge is 0.497 e. The Balaban J connectivity index is 3.27. The van der Waals surface area contributed by atoms with Gasteiger partial charge in [-0.15, -0.1) is 0 Å². The number of benzene rings is 1. The summed E-state index contributed by atoms with van der Waals surface area (Å²) in [5, 5.41) is 0. The van der Waals surface area contributed by atoms with Gasteiger partial charge < -0.3 is 9.47 Å². The van der Waals surface area contributed by atoms with Crippen molar-refractivity contribution in [2.45, 2.75) is 6.92 Å². The van der Waals surface area contributed by atoms with Gasteiger partial charge in [0.2, 0.25) is 0 Å². The fourth-order valence-corrected chi connectivity index (χ4v) is 1.29. The summed E-state index contributed by atoms with van der Waals surface area (Å²) in [7, 11) is 2.93. The molecule has 0 radical (unpaired) electrons. The van der Waals surface area contributed by atoms with E-state index in [0.717, 1.165) is 11.1 Å². The van der Waals surface area contributed by atoms with Gasteiger partial charge in [-0.2, -0.15) is 0 Å². The Morgan fingerprint density at radius 1 is 1.27 bits per heavy atom. The molecule has 0 atom stereocenters. The molecule has 0 heterocycles. The number of allylic oxidation sites excluding steroid dienone is 1. The number of rotatable bonds is 3. The van der Waals surface area contributed by atoms with Gasteiger partial charge in [-0.3, -0.25) is 0 Å². The molecule has 1 aromatic carbocycles. The van der Waals surface area contributed by atoms with E-state index in [0.29, 0.717) is 11.3 Å². The molecule has 0 N–H and O–H groups in total. The number of carbonyl (C=O) groups is 1. The van der Waals surface area contributed by atoms with Gasteiger partial charge in [0.25, 0.3) is 0 Å². The first kappa shape index (κ1) is 11.3. The molecule has 0 fully saturated rings. The first-order valence-corrected chi connectivity index (χ1v) is 4.52. The third kappa shape index (κ3) is 2.37. The molecular formula is C12H14O3. The summed E-state index contributed by atoms with van der Waals surface area (Å²) in [6.07, 6.45) is 0. The molecule has 0 aromatic heterocycles. The van der Waals surface area contributed by atoms with Crippen LogP contribution in [0.3, 0.4) is 0 Å². The average Bonchev–Trinajstić information content (AvgIpc) is 2.27. The lowest BCUT2D eigenvalue weighted by molar-refractivity contribution is 0.0600. The molecule has 1 rings (SSSR count). The van der Waals surface area contributed by atoms with E-state index in [1.165, 1.54) is 7.11 Å². The van der Waals surface area contributed by atoms with Gasteiger partial charge in [-0.25, -0.2) is 4.79 Å². The molecule has 3 nitrogen and oxygen atoms in total. The summed E-state index contributed by atoms with van der Waals surface area (Å²) >= 11 is 0. The molecular weight excluding hydrogens is 192 g/mol. The van der Waals surface area contributed by atoms with E-state index in [-0.39, 0.29) is 5.97 Å². The molecule has 15 heavy (non-hydrogen) atoms. The number of ether oxygens (including phenoxy) is 2. The molecule has 0 aliphatic heterocycles. The topological polar surface area (TPSA) is 35.5 Å². The van der Waals surface area contributed by atoms with E-state index < -0.39 is 0 Å². The van der Waals surface area contributed by atoms with Crippen LogP contribution in [0.25, 0.3) is 5.57 Å². The van der Waals surface area contributed by atoms with Gasteiger partial charge >= 0.3 is 5.97 Å². The van der Waals surface area contributed by atoms with Crippen LogP contribution < -0.4 is 4.74 Å². The molecule has 0 unspecified atom stereocenters. The summed E-state index contributed by atoms with van der Waals surface area (Å²) < 4.78 is 9.76. The summed E-state index contributed by atoms with van der Waals surface area (Å²) in [5.74, 6) is 0.330. The maximum absolute atomic E-state index is 11.4. The highest BCUT2D eigenvalue weighted by molar-refractivity contribution is 5.95. The van der Waals surface area contributed by atoms with Crippen LogP contribution in [0.2, 0.25) is 0 Å². The van der Waals surface area contributed by atoms with Crippen molar-refractivity contribution in [2.75, 3.05) is 14.2 Å². The van der Waals surface area contributed by atoms with Crippen LogP contribution in [0, 0.1) is 0 Å². The second-order valence-corrected chi connectivity index (χ2v) is 3.18. The number of hydrogen-bond acceptors (Lipinski definition) is 3. The van der Waals surface area contributed by atoms with Crippen molar-refractivity contribution >= 4 is 11.5 Å². The summed E-state index contributed by atoms with van der Waals surface area (Å²) in [5.41, 5.74) is 2.06. The van der Waals surface area contributed by atoms with E-state index in [1.54, 1.807) is 25.3 Å². The number of hydrogen-bond donors (Lipinski definition) is 0. The Bertz CT molecular complexity index is 394. The predicted molar refractivity (Wildman–Crippen MR) is 59.0 cm³/mol. The van der Waals surface area contributed by atoms with Gasteiger partial charge in [0.15, 0.2) is 0 Å². The van der Waals surface area contributed by atoms with Crippen molar-refractivity contribution in [3.63, 3.8) is 0 Å². The average molecular weight is 206 g/mol. The molecule has 0 amide bonds. The minimum absolute atomic E-state index is 0.365. The van der Waals surface area contributed by atoms with Gasteiger partial charge in [0, 0.05) is 0 Å². The second-order valence-electron chi connectivity index (χ2n) is 3.18. The zero-order valence-corrected chi connectivity index (χ0v) is 9.16. The number of carbonyl (C=O) groups excluding carboxylic acids is 1. The molecule has 80 valence electrons. The van der Waals surface area contributed by atoms with Crippen LogP contribution in [0.4, 0.5) is 0 Å². The lowest BCUT2D eigenvalue weighted by atomic mass is 10.0. The molecule has 0 aliphatic carbocycles. The van der Waals surface area contributed by atoms with Gasteiger partial charge in [-0.1, -0.05) is 12.2 Å². The minimum atomic E-state index is -0.365. The molecule has 0 spiro atoms. The van der Waals surface area contributed by atoms with E-state index in [2.05, 4.69) is 11.3 Å². The van der Waals surface area contributed by atoms with E-state index in [1.807, 2.05) is 6.92 Å². The third-order valence-electron chi connectivity index (χ3n) is 2.09.